The number of aromatic carboxylic acids is 1. The molecule has 2 N–H and O–H groups in total. The molecule has 1 heterocycles. The predicted molar refractivity (Wildman–Crippen MR) is 141 cm³/mol. The van der Waals surface area contributed by atoms with Gasteiger partial charge in [0.25, 0.3) is 0 Å². The van der Waals surface area contributed by atoms with Gasteiger partial charge in [0, 0.05) is 16.6 Å². The Morgan fingerprint density at radius 2 is 1.71 bits per heavy atom. The van der Waals surface area contributed by atoms with Crippen LogP contribution in [0, 0.1) is 0 Å². The molecule has 5 heteroatoms. The minimum atomic E-state index is -0.905. The van der Waals surface area contributed by atoms with E-state index in [0.717, 1.165) is 72.2 Å². The number of rotatable bonds is 4. The first-order valence-electron chi connectivity index (χ1n) is 11.6. The average Bonchev–Trinajstić information content (AvgIpc) is 3.25. The number of aryl methyl sites for hydroxylation is 1. The average molecular weight is 490 g/mol. The highest BCUT2D eigenvalue weighted by molar-refractivity contribution is 6.36. The van der Waals surface area contributed by atoms with E-state index in [2.05, 4.69) is 35.7 Å². The number of carbonyl (C=O) groups is 1. The van der Waals surface area contributed by atoms with Gasteiger partial charge < -0.3 is 10.4 Å². The second-order valence-corrected chi connectivity index (χ2v) is 9.70. The Balaban J connectivity index is 1.68. The number of allylic oxidation sites excluding steroid dienone is 1. The van der Waals surface area contributed by atoms with Crippen LogP contribution in [-0.4, -0.2) is 24.2 Å². The molecule has 0 unspecified atom stereocenters. The maximum Gasteiger partial charge on any atom is 0.335 e. The lowest BCUT2D eigenvalue weighted by atomic mass is 9.87. The van der Waals surface area contributed by atoms with Crippen molar-refractivity contribution >= 4 is 46.4 Å². The first-order valence-corrected chi connectivity index (χ1v) is 12.3. The van der Waals surface area contributed by atoms with Gasteiger partial charge in [0.2, 0.25) is 0 Å². The highest BCUT2D eigenvalue weighted by Gasteiger charge is 2.22. The molecule has 0 aromatic heterocycles. The Morgan fingerprint density at radius 3 is 2.41 bits per heavy atom. The lowest BCUT2D eigenvalue weighted by Crippen LogP contribution is -2.04. The van der Waals surface area contributed by atoms with Gasteiger partial charge in [0.05, 0.1) is 5.56 Å². The molecule has 2 aliphatic rings. The zero-order valence-corrected chi connectivity index (χ0v) is 20.2. The summed E-state index contributed by atoms with van der Waals surface area (Å²) >= 11 is 12.9. The maximum absolute atomic E-state index is 11.6. The third-order valence-corrected chi connectivity index (χ3v) is 7.15. The van der Waals surface area contributed by atoms with Crippen LogP contribution in [0.2, 0.25) is 10.0 Å². The van der Waals surface area contributed by atoms with Crippen molar-refractivity contribution in [3.05, 3.63) is 110 Å². The molecular weight excluding hydrogens is 465 g/mol. The first kappa shape index (κ1) is 22.9. The summed E-state index contributed by atoms with van der Waals surface area (Å²) in [7, 11) is 0. The molecular formula is C29H25Cl2NO2. The molecule has 0 amide bonds. The van der Waals surface area contributed by atoms with Crippen LogP contribution >= 0.6 is 23.2 Å². The third-order valence-electron chi connectivity index (χ3n) is 6.60. The molecule has 3 nitrogen and oxygen atoms in total. The first-order chi connectivity index (χ1) is 16.5. The maximum atomic E-state index is 11.6. The SMILES string of the molecule is O=C(O)c1ccc2c(c1)CCCC(c1ccc(Cl)cc1Cl)=C2c1ccc(C=C2CCNC2)cc1. The fraction of sp³-hybridized carbons (Fsp3) is 0.207. The largest absolute Gasteiger partial charge is 0.478 e. The van der Waals surface area contributed by atoms with Gasteiger partial charge in [-0.2, -0.15) is 0 Å². The van der Waals surface area contributed by atoms with Gasteiger partial charge >= 0.3 is 5.97 Å². The predicted octanol–water partition coefficient (Wildman–Crippen LogP) is 7.36. The van der Waals surface area contributed by atoms with Crippen molar-refractivity contribution < 1.29 is 9.90 Å². The van der Waals surface area contributed by atoms with Crippen LogP contribution in [0.15, 0.2) is 66.2 Å². The molecule has 0 atom stereocenters. The van der Waals surface area contributed by atoms with E-state index >= 15 is 0 Å². The van der Waals surface area contributed by atoms with E-state index in [4.69, 9.17) is 23.2 Å². The van der Waals surface area contributed by atoms with Crippen molar-refractivity contribution in [1.82, 2.24) is 5.32 Å². The summed E-state index contributed by atoms with van der Waals surface area (Å²) in [6.07, 6.45) is 5.91. The Bertz CT molecular complexity index is 1310. The summed E-state index contributed by atoms with van der Waals surface area (Å²) in [6, 6.07) is 19.7. The summed E-state index contributed by atoms with van der Waals surface area (Å²) < 4.78 is 0. The lowest BCUT2D eigenvalue weighted by Gasteiger charge is -2.18. The Hall–Kier alpha value is -2.85. The van der Waals surface area contributed by atoms with Crippen molar-refractivity contribution in [2.45, 2.75) is 25.7 Å². The molecule has 0 bridgehead atoms. The summed E-state index contributed by atoms with van der Waals surface area (Å²) in [5, 5.41) is 14.1. The van der Waals surface area contributed by atoms with Gasteiger partial charge in [-0.3, -0.25) is 0 Å². The number of carboxylic acids is 1. The van der Waals surface area contributed by atoms with Crippen LogP contribution in [0.3, 0.4) is 0 Å². The van der Waals surface area contributed by atoms with Crippen LogP contribution in [-0.2, 0) is 6.42 Å². The number of hydrogen-bond acceptors (Lipinski definition) is 2. The molecule has 3 aromatic rings. The van der Waals surface area contributed by atoms with E-state index in [-0.39, 0.29) is 0 Å². The minimum absolute atomic E-state index is 0.318. The normalized spacial score (nSPS) is 17.1. The number of fused-ring (bicyclic) bond motifs is 1. The molecule has 0 spiro atoms. The molecule has 1 aliphatic carbocycles. The fourth-order valence-corrected chi connectivity index (χ4v) is 5.47. The summed E-state index contributed by atoms with van der Waals surface area (Å²) in [5.74, 6) is -0.905. The van der Waals surface area contributed by atoms with Gasteiger partial charge in [0.1, 0.15) is 0 Å². The highest BCUT2D eigenvalue weighted by atomic mass is 35.5. The number of nitrogens with one attached hydrogen (secondary N) is 1. The summed E-state index contributed by atoms with van der Waals surface area (Å²) in [4.78, 5) is 11.6. The number of benzene rings is 3. The van der Waals surface area contributed by atoms with E-state index in [1.165, 1.54) is 11.1 Å². The molecule has 1 fully saturated rings. The van der Waals surface area contributed by atoms with E-state index < -0.39 is 5.97 Å². The minimum Gasteiger partial charge on any atom is -0.478 e. The van der Waals surface area contributed by atoms with Crippen LogP contribution in [0.25, 0.3) is 17.2 Å². The van der Waals surface area contributed by atoms with Crippen molar-refractivity contribution in [3.63, 3.8) is 0 Å². The van der Waals surface area contributed by atoms with Crippen molar-refractivity contribution in [2.75, 3.05) is 13.1 Å². The van der Waals surface area contributed by atoms with Crippen LogP contribution in [0.4, 0.5) is 0 Å². The van der Waals surface area contributed by atoms with E-state index in [1.807, 2.05) is 24.3 Å². The zero-order valence-electron chi connectivity index (χ0n) is 18.7. The van der Waals surface area contributed by atoms with Crippen LogP contribution in [0.1, 0.15) is 57.4 Å². The fourth-order valence-electron chi connectivity index (χ4n) is 4.95. The summed E-state index contributed by atoms with van der Waals surface area (Å²) in [5.41, 5.74) is 9.38. The van der Waals surface area contributed by atoms with Crippen molar-refractivity contribution in [1.29, 1.82) is 0 Å². The summed E-state index contributed by atoms with van der Waals surface area (Å²) in [6.45, 7) is 1.99. The monoisotopic (exact) mass is 489 g/mol. The van der Waals surface area contributed by atoms with E-state index in [9.17, 15) is 9.90 Å². The lowest BCUT2D eigenvalue weighted by molar-refractivity contribution is 0.0696. The van der Waals surface area contributed by atoms with Crippen molar-refractivity contribution in [3.8, 4) is 0 Å². The van der Waals surface area contributed by atoms with Gasteiger partial charge in [-0.15, -0.1) is 0 Å². The molecule has 1 aliphatic heterocycles. The second kappa shape index (κ2) is 9.79. The molecule has 172 valence electrons. The number of hydrogen-bond donors (Lipinski definition) is 2. The molecule has 0 radical (unpaired) electrons. The molecule has 0 saturated carbocycles. The second-order valence-electron chi connectivity index (χ2n) is 8.86. The van der Waals surface area contributed by atoms with Gasteiger partial charge in [-0.05, 0) is 95.5 Å². The van der Waals surface area contributed by atoms with Crippen LogP contribution in [0.5, 0.6) is 0 Å². The smallest absolute Gasteiger partial charge is 0.335 e. The van der Waals surface area contributed by atoms with E-state index in [1.54, 1.807) is 12.1 Å². The van der Waals surface area contributed by atoms with Crippen LogP contribution < -0.4 is 5.32 Å². The quantitative estimate of drug-likeness (QED) is 0.402. The number of carboxylic acid groups (broad SMARTS) is 1. The Kier molecular flexibility index (Phi) is 6.60. The zero-order chi connectivity index (χ0) is 23.7. The Labute approximate surface area is 209 Å². The third kappa shape index (κ3) is 4.69. The highest BCUT2D eigenvalue weighted by Crippen LogP contribution is 2.42. The molecule has 5 rings (SSSR count). The van der Waals surface area contributed by atoms with Gasteiger partial charge in [-0.25, -0.2) is 4.79 Å². The molecule has 34 heavy (non-hydrogen) atoms. The van der Waals surface area contributed by atoms with Gasteiger partial charge in [-0.1, -0.05) is 71.2 Å². The number of halogens is 2. The standard InChI is InChI=1S/C29H25Cl2NO2/c30-23-9-11-25(27(31)16-23)26-3-1-2-21-15-22(29(33)34)8-10-24(21)28(26)20-6-4-18(5-7-20)14-19-12-13-32-17-19/h4-11,14-16,32H,1-3,12-13,17H2,(H,33,34). The van der Waals surface area contributed by atoms with Crippen molar-refractivity contribution in [2.24, 2.45) is 0 Å². The van der Waals surface area contributed by atoms with Gasteiger partial charge in [0.15, 0.2) is 0 Å². The molecule has 1 saturated heterocycles. The topological polar surface area (TPSA) is 49.3 Å². The Morgan fingerprint density at radius 1 is 0.912 bits per heavy atom. The van der Waals surface area contributed by atoms with E-state index in [0.29, 0.717) is 15.6 Å². The molecule has 3 aromatic carbocycles.